The lowest BCUT2D eigenvalue weighted by Crippen LogP contribution is -2.28. The number of allylic oxidation sites excluding steroid dienone is 4. The minimum absolute atomic E-state index is 0.719. The van der Waals surface area contributed by atoms with E-state index >= 15 is 0 Å². The Bertz CT molecular complexity index is 1000. The second-order valence-corrected chi connectivity index (χ2v) is 9.80. The van der Waals surface area contributed by atoms with E-state index in [2.05, 4.69) is 91.7 Å². The first-order valence-corrected chi connectivity index (χ1v) is 13.2. The van der Waals surface area contributed by atoms with Crippen LogP contribution in [0.25, 0.3) is 5.57 Å². The molecule has 2 heteroatoms. The molecule has 1 N–H and O–H groups in total. The molecule has 0 saturated heterocycles. The molecule has 2 heterocycles. The summed E-state index contributed by atoms with van der Waals surface area (Å²) in [6.07, 6.45) is 20.6. The molecule has 0 saturated carbocycles. The lowest BCUT2D eigenvalue weighted by atomic mass is 9.83. The number of hydrogen-bond donors (Lipinski definition) is 1. The van der Waals surface area contributed by atoms with Gasteiger partial charge in [-0.2, -0.15) is 0 Å². The van der Waals surface area contributed by atoms with Crippen LogP contribution in [0.5, 0.6) is 0 Å². The Hall–Kier alpha value is -2.50. The van der Waals surface area contributed by atoms with E-state index in [0.717, 1.165) is 49.6 Å². The van der Waals surface area contributed by atoms with Crippen molar-refractivity contribution in [3.63, 3.8) is 0 Å². The smallest absolute Gasteiger partial charge is 0.0697 e. The lowest BCUT2D eigenvalue weighted by molar-refractivity contribution is 0.389. The Balaban J connectivity index is 1.46. The Morgan fingerprint density at radius 2 is 1.91 bits per heavy atom. The van der Waals surface area contributed by atoms with Gasteiger partial charge in [0.25, 0.3) is 0 Å². The molecular weight excluding hydrogens is 412 g/mol. The van der Waals surface area contributed by atoms with Gasteiger partial charge in [0.05, 0.1) is 5.70 Å². The van der Waals surface area contributed by atoms with Gasteiger partial charge in [0.2, 0.25) is 0 Å². The third-order valence-electron chi connectivity index (χ3n) is 7.52. The van der Waals surface area contributed by atoms with Gasteiger partial charge in [-0.1, -0.05) is 89.0 Å². The number of nitrogens with zero attached hydrogens (tertiary/aromatic N) is 1. The molecule has 0 amide bonds. The van der Waals surface area contributed by atoms with Gasteiger partial charge in [0.1, 0.15) is 0 Å². The molecular formula is C32H40N2. The minimum Gasteiger partial charge on any atom is -0.283 e. The third kappa shape index (κ3) is 5.94. The van der Waals surface area contributed by atoms with Crippen LogP contribution < -0.4 is 5.43 Å². The van der Waals surface area contributed by atoms with Crippen LogP contribution in [0.1, 0.15) is 82.3 Å². The molecule has 1 aromatic rings. The van der Waals surface area contributed by atoms with Gasteiger partial charge in [-0.05, 0) is 66.9 Å². The van der Waals surface area contributed by atoms with Crippen LogP contribution in [0, 0.1) is 37.5 Å². The van der Waals surface area contributed by atoms with Gasteiger partial charge in [0.15, 0.2) is 0 Å². The first-order chi connectivity index (χ1) is 16.7. The molecule has 3 aliphatic rings. The molecule has 2 nitrogen and oxygen atoms in total. The van der Waals surface area contributed by atoms with Gasteiger partial charge in [-0.15, -0.1) is 0 Å². The summed E-state index contributed by atoms with van der Waals surface area (Å²) in [7, 11) is 0. The van der Waals surface area contributed by atoms with Crippen molar-refractivity contribution in [2.75, 3.05) is 6.54 Å². The van der Waals surface area contributed by atoms with E-state index in [-0.39, 0.29) is 0 Å². The van der Waals surface area contributed by atoms with E-state index in [1.165, 1.54) is 66.5 Å². The number of rotatable bonds is 9. The molecule has 4 rings (SSSR count). The van der Waals surface area contributed by atoms with Crippen molar-refractivity contribution >= 4 is 5.57 Å². The standard InChI is InChI=1S/C32H40N2/c1-4-10-26(11-5-2)12-7-8-13-27-17-21-29(22-18-27)31-24-33-34-23-9-14-30(32(31)34)28-19-15-25(6-3)16-20-28/h9,14,17-19,21-23,25-26,33H,1-2,4-7,10-12,15-16,20,24H2,3H3. The van der Waals surface area contributed by atoms with Gasteiger partial charge in [0, 0.05) is 35.9 Å². The first kappa shape index (κ1) is 24.6. The molecule has 0 fully saturated rings. The summed E-state index contributed by atoms with van der Waals surface area (Å²) < 4.78 is 0. The minimum atomic E-state index is 0.719. The molecule has 178 valence electrons. The zero-order chi connectivity index (χ0) is 23.8. The van der Waals surface area contributed by atoms with Crippen LogP contribution in [0.3, 0.4) is 0 Å². The maximum Gasteiger partial charge on any atom is 0.0697 e. The van der Waals surface area contributed by atoms with Crippen LogP contribution in [-0.4, -0.2) is 11.6 Å². The summed E-state index contributed by atoms with van der Waals surface area (Å²) in [5.74, 6) is 8.33. The largest absolute Gasteiger partial charge is 0.283 e. The quantitative estimate of drug-likeness (QED) is 0.385. The third-order valence-corrected chi connectivity index (χ3v) is 7.52. The average molecular weight is 453 g/mol. The summed E-state index contributed by atoms with van der Waals surface area (Å²) in [5.41, 5.74) is 11.5. The molecule has 2 aliphatic heterocycles. The summed E-state index contributed by atoms with van der Waals surface area (Å²) in [4.78, 5) is 0. The van der Waals surface area contributed by atoms with Crippen molar-refractivity contribution in [3.05, 3.63) is 90.5 Å². The van der Waals surface area contributed by atoms with Gasteiger partial charge < -0.3 is 0 Å². The molecule has 1 aliphatic carbocycles. The fourth-order valence-electron chi connectivity index (χ4n) is 5.40. The fraction of sp³-hybridized carbons (Fsp3) is 0.438. The van der Waals surface area contributed by atoms with Crippen LogP contribution in [-0.2, 0) is 0 Å². The maximum absolute atomic E-state index is 4.01. The highest BCUT2D eigenvalue weighted by Gasteiger charge is 2.29. The SMILES string of the molecule is [CH2]CCC(CC[CH2])CCC#Cc1ccc(C2=C3C(C4=CCC(CC)CC4)=CC=CN3NC2)cc1. The van der Waals surface area contributed by atoms with E-state index in [1.54, 1.807) is 0 Å². The monoisotopic (exact) mass is 452 g/mol. The van der Waals surface area contributed by atoms with Crippen molar-refractivity contribution in [1.29, 1.82) is 0 Å². The predicted molar refractivity (Wildman–Crippen MR) is 145 cm³/mol. The first-order valence-electron chi connectivity index (χ1n) is 13.2. The van der Waals surface area contributed by atoms with Gasteiger partial charge in [-0.25, -0.2) is 5.43 Å². The van der Waals surface area contributed by atoms with Gasteiger partial charge >= 0.3 is 0 Å². The zero-order valence-corrected chi connectivity index (χ0v) is 20.9. The molecule has 0 aromatic heterocycles. The highest BCUT2D eigenvalue weighted by Crippen LogP contribution is 2.39. The summed E-state index contributed by atoms with van der Waals surface area (Å²) in [6.45, 7) is 11.2. The number of benzene rings is 1. The van der Waals surface area contributed by atoms with Crippen molar-refractivity contribution < 1.29 is 0 Å². The van der Waals surface area contributed by atoms with Crippen LogP contribution in [0.2, 0.25) is 0 Å². The molecule has 1 atom stereocenters. The van der Waals surface area contributed by atoms with Crippen LogP contribution >= 0.6 is 0 Å². The second-order valence-electron chi connectivity index (χ2n) is 9.80. The Morgan fingerprint density at radius 3 is 2.59 bits per heavy atom. The van der Waals surface area contributed by atoms with E-state index in [9.17, 15) is 0 Å². The number of fused-ring (bicyclic) bond motifs is 1. The van der Waals surface area contributed by atoms with Gasteiger partial charge in [-0.3, -0.25) is 5.01 Å². The van der Waals surface area contributed by atoms with Crippen molar-refractivity contribution in [1.82, 2.24) is 10.4 Å². The zero-order valence-electron chi connectivity index (χ0n) is 20.9. The van der Waals surface area contributed by atoms with E-state index in [4.69, 9.17) is 0 Å². The molecule has 0 bridgehead atoms. The number of nitrogens with one attached hydrogen (secondary N) is 1. The van der Waals surface area contributed by atoms with Crippen LogP contribution in [0.4, 0.5) is 0 Å². The number of hydrogen-bond acceptors (Lipinski definition) is 2. The highest BCUT2D eigenvalue weighted by molar-refractivity contribution is 5.78. The second kappa shape index (κ2) is 12.3. The normalized spacial score (nSPS) is 19.6. The molecule has 1 aromatic carbocycles. The summed E-state index contributed by atoms with van der Waals surface area (Å²) in [5, 5.41) is 2.21. The predicted octanol–water partition coefficient (Wildman–Crippen LogP) is 7.78. The lowest BCUT2D eigenvalue weighted by Gasteiger charge is -2.28. The molecule has 2 radical (unpaired) electrons. The average Bonchev–Trinajstić information content (AvgIpc) is 3.32. The van der Waals surface area contributed by atoms with Crippen molar-refractivity contribution in [2.24, 2.45) is 11.8 Å². The van der Waals surface area contributed by atoms with E-state index in [1.807, 2.05) is 0 Å². The Morgan fingerprint density at radius 1 is 1.12 bits per heavy atom. The topological polar surface area (TPSA) is 15.3 Å². The van der Waals surface area contributed by atoms with E-state index < -0.39 is 0 Å². The van der Waals surface area contributed by atoms with E-state index in [0.29, 0.717) is 0 Å². The number of hydrazine groups is 1. The Labute approximate surface area is 207 Å². The fourth-order valence-corrected chi connectivity index (χ4v) is 5.40. The molecule has 0 spiro atoms. The summed E-state index contributed by atoms with van der Waals surface area (Å²) >= 11 is 0. The molecule has 1 unspecified atom stereocenters. The van der Waals surface area contributed by atoms with Crippen molar-refractivity contribution in [2.45, 2.75) is 71.1 Å². The van der Waals surface area contributed by atoms with Crippen molar-refractivity contribution in [3.8, 4) is 11.8 Å². The Kier molecular flexibility index (Phi) is 8.89. The summed E-state index contributed by atoms with van der Waals surface area (Å²) in [6, 6.07) is 8.83. The van der Waals surface area contributed by atoms with Crippen LogP contribution in [0.15, 0.2) is 65.5 Å². The maximum atomic E-state index is 4.01. The molecule has 34 heavy (non-hydrogen) atoms. The highest BCUT2D eigenvalue weighted by atomic mass is 15.5.